The third-order valence-corrected chi connectivity index (χ3v) is 5.14. The molecule has 0 aromatic heterocycles. The van der Waals surface area contributed by atoms with E-state index in [1.54, 1.807) is 27.3 Å². The fourth-order valence-corrected chi connectivity index (χ4v) is 3.88. The van der Waals surface area contributed by atoms with E-state index in [9.17, 15) is 8.42 Å². The molecule has 6 heteroatoms. The predicted octanol–water partition coefficient (Wildman–Crippen LogP) is 2.18. The van der Waals surface area contributed by atoms with Crippen LogP contribution >= 0.6 is 0 Å². The zero-order valence-electron chi connectivity index (χ0n) is 13.2. The summed E-state index contributed by atoms with van der Waals surface area (Å²) >= 11 is 0. The Hall–Kier alpha value is -1.27. The monoisotopic (exact) mass is 315 g/mol. The molecule has 1 unspecified atom stereocenters. The van der Waals surface area contributed by atoms with Crippen molar-refractivity contribution in [2.45, 2.75) is 25.8 Å². The number of nitrogens with one attached hydrogen (secondary N) is 1. The fraction of sp³-hybridized carbons (Fsp3) is 0.600. The normalized spacial score (nSPS) is 13.0. The molecule has 5 nitrogen and oxygen atoms in total. The molecule has 0 aliphatic heterocycles. The third-order valence-electron chi connectivity index (χ3n) is 3.39. The molecule has 1 N–H and O–H groups in total. The van der Waals surface area contributed by atoms with Crippen molar-refractivity contribution in [3.63, 3.8) is 0 Å². The quantitative estimate of drug-likeness (QED) is 0.756. The summed E-state index contributed by atoms with van der Waals surface area (Å²) in [6, 6.07) is 5.20. The van der Waals surface area contributed by atoms with Gasteiger partial charge in [0.25, 0.3) is 0 Å². The van der Waals surface area contributed by atoms with Gasteiger partial charge in [-0.2, -0.15) is 0 Å². The lowest BCUT2D eigenvalue weighted by molar-refractivity contribution is 0.354. The lowest BCUT2D eigenvalue weighted by atomic mass is 10.1. The van der Waals surface area contributed by atoms with Gasteiger partial charge in [-0.25, -0.2) is 8.42 Å². The smallest absolute Gasteiger partial charge is 0.161 e. The minimum atomic E-state index is -3.07. The molecule has 0 fully saturated rings. The molecular weight excluding hydrogens is 290 g/mol. The van der Waals surface area contributed by atoms with Crippen LogP contribution in [0.5, 0.6) is 11.5 Å². The zero-order valence-corrected chi connectivity index (χ0v) is 14.0. The van der Waals surface area contributed by atoms with Gasteiger partial charge in [0.2, 0.25) is 0 Å². The van der Waals surface area contributed by atoms with Gasteiger partial charge in [-0.15, -0.1) is 0 Å². The van der Waals surface area contributed by atoms with Gasteiger partial charge in [0.1, 0.15) is 0 Å². The van der Waals surface area contributed by atoms with Crippen LogP contribution in [0.15, 0.2) is 18.2 Å². The second-order valence-corrected chi connectivity index (χ2v) is 7.15. The van der Waals surface area contributed by atoms with Crippen LogP contribution in [0, 0.1) is 0 Å². The van der Waals surface area contributed by atoms with Gasteiger partial charge < -0.3 is 14.8 Å². The van der Waals surface area contributed by atoms with Crippen LogP contribution in [0.4, 0.5) is 0 Å². The Morgan fingerprint density at radius 2 is 1.86 bits per heavy atom. The van der Waals surface area contributed by atoms with Crippen LogP contribution in [0.2, 0.25) is 0 Å². The van der Waals surface area contributed by atoms with E-state index in [1.807, 2.05) is 19.1 Å². The number of benzene rings is 1. The summed E-state index contributed by atoms with van der Waals surface area (Å²) in [5.41, 5.74) is 0.871. The maximum absolute atomic E-state index is 12.1. The Balaban J connectivity index is 2.95. The van der Waals surface area contributed by atoms with E-state index in [2.05, 4.69) is 5.32 Å². The molecule has 120 valence electrons. The van der Waals surface area contributed by atoms with E-state index in [1.165, 1.54) is 0 Å². The minimum absolute atomic E-state index is 0.0823. The van der Waals surface area contributed by atoms with Crippen molar-refractivity contribution in [1.29, 1.82) is 0 Å². The Morgan fingerprint density at radius 3 is 2.38 bits per heavy atom. The highest BCUT2D eigenvalue weighted by Gasteiger charge is 2.20. The van der Waals surface area contributed by atoms with Crippen molar-refractivity contribution in [3.8, 4) is 11.5 Å². The molecule has 0 spiro atoms. The van der Waals surface area contributed by atoms with Gasteiger partial charge in [0.05, 0.1) is 25.7 Å². The second-order valence-electron chi connectivity index (χ2n) is 4.92. The van der Waals surface area contributed by atoms with Gasteiger partial charge in [-0.1, -0.05) is 19.4 Å². The molecule has 0 amide bonds. The summed E-state index contributed by atoms with van der Waals surface area (Å²) in [7, 11) is 1.82. The molecule has 1 aromatic carbocycles. The van der Waals surface area contributed by atoms with Crippen LogP contribution in [-0.4, -0.2) is 41.2 Å². The molecule has 0 aliphatic carbocycles. The molecule has 1 aromatic rings. The van der Waals surface area contributed by atoms with Gasteiger partial charge in [0.15, 0.2) is 21.3 Å². The lowest BCUT2D eigenvalue weighted by Gasteiger charge is -2.18. The SMILES string of the molecule is CCCCS(=O)(=O)CC(NC)c1ccc(OC)c(OC)c1. The summed E-state index contributed by atoms with van der Waals surface area (Å²) in [5.74, 6) is 1.54. The van der Waals surface area contributed by atoms with Crippen molar-refractivity contribution in [3.05, 3.63) is 23.8 Å². The molecule has 0 radical (unpaired) electrons. The van der Waals surface area contributed by atoms with E-state index in [0.29, 0.717) is 17.9 Å². The van der Waals surface area contributed by atoms with Crippen LogP contribution in [0.3, 0.4) is 0 Å². The van der Waals surface area contributed by atoms with Gasteiger partial charge in [-0.3, -0.25) is 0 Å². The van der Waals surface area contributed by atoms with E-state index in [0.717, 1.165) is 12.0 Å². The van der Waals surface area contributed by atoms with E-state index in [-0.39, 0.29) is 17.5 Å². The lowest BCUT2D eigenvalue weighted by Crippen LogP contribution is -2.26. The van der Waals surface area contributed by atoms with Crippen LogP contribution < -0.4 is 14.8 Å². The molecule has 0 aliphatic rings. The topological polar surface area (TPSA) is 64.6 Å². The number of unbranched alkanes of at least 4 members (excludes halogenated alkanes) is 1. The number of sulfone groups is 1. The molecule has 0 bridgehead atoms. The number of hydrogen-bond acceptors (Lipinski definition) is 5. The summed E-state index contributed by atoms with van der Waals surface area (Å²) in [6.45, 7) is 1.99. The van der Waals surface area contributed by atoms with Crippen LogP contribution in [0.25, 0.3) is 0 Å². The number of rotatable bonds is 9. The average Bonchev–Trinajstić information content (AvgIpc) is 2.50. The van der Waals surface area contributed by atoms with Crippen LogP contribution in [0.1, 0.15) is 31.4 Å². The number of ether oxygens (including phenoxy) is 2. The standard InChI is InChI=1S/C15H25NO4S/c1-5-6-9-21(17,18)11-13(16-2)12-7-8-14(19-3)15(10-12)20-4/h7-8,10,13,16H,5-6,9,11H2,1-4H3. The van der Waals surface area contributed by atoms with Crippen molar-refractivity contribution >= 4 is 9.84 Å². The highest BCUT2D eigenvalue weighted by molar-refractivity contribution is 7.91. The Bertz CT molecular complexity index is 543. The number of hydrogen-bond donors (Lipinski definition) is 1. The van der Waals surface area contributed by atoms with Crippen molar-refractivity contribution in [1.82, 2.24) is 5.32 Å². The number of methoxy groups -OCH3 is 2. The van der Waals surface area contributed by atoms with Gasteiger partial charge in [0, 0.05) is 6.04 Å². The van der Waals surface area contributed by atoms with Gasteiger partial charge in [-0.05, 0) is 31.2 Å². The summed E-state index contributed by atoms with van der Waals surface area (Å²) in [6.07, 6.45) is 1.57. The van der Waals surface area contributed by atoms with Crippen molar-refractivity contribution < 1.29 is 17.9 Å². The first-order valence-electron chi connectivity index (χ1n) is 7.07. The second kappa shape index (κ2) is 8.24. The molecule has 1 rings (SSSR count). The minimum Gasteiger partial charge on any atom is -0.493 e. The molecule has 0 heterocycles. The maximum atomic E-state index is 12.1. The largest absolute Gasteiger partial charge is 0.493 e. The summed E-state index contributed by atoms with van der Waals surface area (Å²) in [4.78, 5) is 0. The first-order chi connectivity index (χ1) is 9.97. The first-order valence-corrected chi connectivity index (χ1v) is 8.89. The first kappa shape index (κ1) is 17.8. The van der Waals surface area contributed by atoms with Gasteiger partial charge >= 0.3 is 0 Å². The maximum Gasteiger partial charge on any atom is 0.161 e. The zero-order chi connectivity index (χ0) is 15.9. The van der Waals surface area contributed by atoms with Crippen LogP contribution in [-0.2, 0) is 9.84 Å². The molecule has 0 saturated heterocycles. The fourth-order valence-electron chi connectivity index (χ4n) is 2.12. The van der Waals surface area contributed by atoms with E-state index >= 15 is 0 Å². The Morgan fingerprint density at radius 1 is 1.19 bits per heavy atom. The van der Waals surface area contributed by atoms with Crippen molar-refractivity contribution in [2.24, 2.45) is 0 Å². The Labute approximate surface area is 127 Å². The molecular formula is C15H25NO4S. The van der Waals surface area contributed by atoms with E-state index in [4.69, 9.17) is 9.47 Å². The van der Waals surface area contributed by atoms with E-state index < -0.39 is 9.84 Å². The summed E-state index contributed by atoms with van der Waals surface area (Å²) in [5, 5.41) is 3.06. The highest BCUT2D eigenvalue weighted by atomic mass is 32.2. The molecule has 1 atom stereocenters. The highest BCUT2D eigenvalue weighted by Crippen LogP contribution is 2.30. The molecule has 21 heavy (non-hydrogen) atoms. The molecule has 0 saturated carbocycles. The third kappa shape index (κ3) is 5.21. The van der Waals surface area contributed by atoms with Crippen molar-refractivity contribution in [2.75, 3.05) is 32.8 Å². The summed E-state index contributed by atoms with van der Waals surface area (Å²) < 4.78 is 34.7. The Kier molecular flexibility index (Phi) is 6.98. The average molecular weight is 315 g/mol. The predicted molar refractivity (Wildman–Crippen MR) is 84.9 cm³/mol.